The van der Waals surface area contributed by atoms with Crippen LogP contribution in [-0.4, -0.2) is 50.0 Å². The van der Waals surface area contributed by atoms with Gasteiger partial charge in [-0.25, -0.2) is 0 Å². The Balaban J connectivity index is 1.78. The molecular formula is C21H24ClN3O3. The molecule has 0 spiro atoms. The van der Waals surface area contributed by atoms with Crippen molar-refractivity contribution in [1.82, 2.24) is 4.90 Å². The van der Waals surface area contributed by atoms with Crippen LogP contribution in [0, 0.1) is 0 Å². The monoisotopic (exact) mass is 401 g/mol. The van der Waals surface area contributed by atoms with E-state index in [1.165, 1.54) is 0 Å². The molecule has 7 heteroatoms. The van der Waals surface area contributed by atoms with Gasteiger partial charge in [-0.1, -0.05) is 24.6 Å². The number of carbonyl (C=O) groups is 2. The van der Waals surface area contributed by atoms with Crippen molar-refractivity contribution < 1.29 is 14.3 Å². The molecule has 1 heterocycles. The topological polar surface area (TPSA) is 61.9 Å². The van der Waals surface area contributed by atoms with E-state index in [-0.39, 0.29) is 11.8 Å². The summed E-state index contributed by atoms with van der Waals surface area (Å²) in [6.45, 7) is 4.61. The van der Waals surface area contributed by atoms with Crippen LogP contribution < -0.4 is 15.0 Å². The molecule has 0 atom stereocenters. The van der Waals surface area contributed by atoms with Crippen molar-refractivity contribution >= 4 is 34.8 Å². The van der Waals surface area contributed by atoms with Crippen molar-refractivity contribution in [2.45, 2.75) is 13.3 Å². The van der Waals surface area contributed by atoms with Gasteiger partial charge in [-0.15, -0.1) is 0 Å². The minimum atomic E-state index is -0.234. The van der Waals surface area contributed by atoms with Crippen LogP contribution in [0.15, 0.2) is 42.5 Å². The maximum absolute atomic E-state index is 12.7. The molecule has 0 unspecified atom stereocenters. The summed E-state index contributed by atoms with van der Waals surface area (Å²) in [5.74, 6) is 0.556. The van der Waals surface area contributed by atoms with Crippen LogP contribution in [0.2, 0.25) is 5.02 Å². The van der Waals surface area contributed by atoms with E-state index in [9.17, 15) is 9.59 Å². The van der Waals surface area contributed by atoms with E-state index in [0.717, 1.165) is 5.69 Å². The van der Waals surface area contributed by atoms with Gasteiger partial charge in [-0.2, -0.15) is 0 Å². The molecule has 1 aliphatic rings. The molecule has 0 saturated carbocycles. The third-order valence-electron chi connectivity index (χ3n) is 4.81. The van der Waals surface area contributed by atoms with E-state index < -0.39 is 0 Å². The Bertz CT molecular complexity index is 864. The Morgan fingerprint density at radius 3 is 2.54 bits per heavy atom. The normalized spacial score (nSPS) is 14.0. The smallest absolute Gasteiger partial charge is 0.255 e. The quantitative estimate of drug-likeness (QED) is 0.830. The second kappa shape index (κ2) is 8.97. The number of nitrogens with one attached hydrogen (secondary N) is 1. The van der Waals surface area contributed by atoms with Gasteiger partial charge in [0.1, 0.15) is 5.75 Å². The first-order valence-electron chi connectivity index (χ1n) is 9.29. The fraction of sp³-hybridized carbons (Fsp3) is 0.333. The fourth-order valence-electron chi connectivity index (χ4n) is 3.26. The number of hydrogen-bond acceptors (Lipinski definition) is 4. The summed E-state index contributed by atoms with van der Waals surface area (Å²) in [4.78, 5) is 28.7. The predicted molar refractivity (Wildman–Crippen MR) is 111 cm³/mol. The molecule has 2 aromatic carbocycles. The van der Waals surface area contributed by atoms with E-state index in [1.807, 2.05) is 24.0 Å². The first kappa shape index (κ1) is 20.0. The van der Waals surface area contributed by atoms with Gasteiger partial charge in [-0.05, 0) is 36.4 Å². The van der Waals surface area contributed by atoms with Gasteiger partial charge in [0, 0.05) is 43.2 Å². The third-order valence-corrected chi connectivity index (χ3v) is 5.05. The highest BCUT2D eigenvalue weighted by Gasteiger charge is 2.22. The Morgan fingerprint density at radius 2 is 1.86 bits per heavy atom. The number of ether oxygens (including phenoxy) is 1. The molecule has 0 radical (unpaired) electrons. The van der Waals surface area contributed by atoms with Crippen molar-refractivity contribution in [3.8, 4) is 5.75 Å². The maximum Gasteiger partial charge on any atom is 0.255 e. The van der Waals surface area contributed by atoms with Gasteiger partial charge in [0.25, 0.3) is 5.91 Å². The minimum absolute atomic E-state index is 0.169. The SMILES string of the molecule is CCC(=O)N1CCN(c2ccc(Cl)cc2NC(=O)c2cccc(OC)c2)CC1. The van der Waals surface area contributed by atoms with Crippen LogP contribution in [0.25, 0.3) is 0 Å². The molecule has 2 aromatic rings. The molecule has 2 amide bonds. The molecule has 1 N–H and O–H groups in total. The molecule has 28 heavy (non-hydrogen) atoms. The zero-order valence-electron chi connectivity index (χ0n) is 16.1. The fourth-order valence-corrected chi connectivity index (χ4v) is 3.44. The molecule has 1 saturated heterocycles. The zero-order valence-corrected chi connectivity index (χ0v) is 16.8. The maximum atomic E-state index is 12.7. The molecular weight excluding hydrogens is 378 g/mol. The Hall–Kier alpha value is -2.73. The molecule has 0 aromatic heterocycles. The molecule has 6 nitrogen and oxygen atoms in total. The van der Waals surface area contributed by atoms with Crippen molar-refractivity contribution in [3.05, 3.63) is 53.1 Å². The second-order valence-electron chi connectivity index (χ2n) is 6.57. The lowest BCUT2D eigenvalue weighted by molar-refractivity contribution is -0.131. The van der Waals surface area contributed by atoms with Gasteiger partial charge in [0.05, 0.1) is 18.5 Å². The Labute approximate surface area is 170 Å². The number of benzene rings is 2. The van der Waals surface area contributed by atoms with E-state index in [1.54, 1.807) is 37.4 Å². The van der Waals surface area contributed by atoms with Crippen molar-refractivity contribution in [3.63, 3.8) is 0 Å². The van der Waals surface area contributed by atoms with Gasteiger partial charge >= 0.3 is 0 Å². The lowest BCUT2D eigenvalue weighted by atomic mass is 10.1. The van der Waals surface area contributed by atoms with Crippen LogP contribution in [0.4, 0.5) is 11.4 Å². The molecule has 1 fully saturated rings. The first-order valence-corrected chi connectivity index (χ1v) is 9.67. The summed E-state index contributed by atoms with van der Waals surface area (Å²) in [5, 5.41) is 3.51. The van der Waals surface area contributed by atoms with Gasteiger partial charge in [-0.3, -0.25) is 9.59 Å². The number of hydrogen-bond donors (Lipinski definition) is 1. The standard InChI is InChI=1S/C21H24ClN3O3/c1-3-20(26)25-11-9-24(10-12-25)19-8-7-16(22)14-18(19)23-21(27)15-5-4-6-17(13-15)28-2/h4-8,13-14H,3,9-12H2,1-2H3,(H,23,27). The number of carbonyl (C=O) groups excluding carboxylic acids is 2. The number of halogens is 1. The van der Waals surface area contributed by atoms with Crippen molar-refractivity contribution in [2.24, 2.45) is 0 Å². The van der Waals surface area contributed by atoms with Crippen LogP contribution in [0.3, 0.4) is 0 Å². The molecule has 148 valence electrons. The predicted octanol–water partition coefficient (Wildman–Crippen LogP) is 3.66. The summed E-state index contributed by atoms with van der Waals surface area (Å²) in [5.41, 5.74) is 2.04. The van der Waals surface area contributed by atoms with Crippen LogP contribution in [-0.2, 0) is 4.79 Å². The highest BCUT2D eigenvalue weighted by molar-refractivity contribution is 6.31. The number of methoxy groups -OCH3 is 1. The second-order valence-corrected chi connectivity index (χ2v) is 7.01. The minimum Gasteiger partial charge on any atom is -0.497 e. The van der Waals surface area contributed by atoms with E-state index in [0.29, 0.717) is 54.6 Å². The van der Waals surface area contributed by atoms with Crippen LogP contribution in [0.1, 0.15) is 23.7 Å². The first-order chi connectivity index (χ1) is 13.5. The zero-order chi connectivity index (χ0) is 20.1. The lowest BCUT2D eigenvalue weighted by Crippen LogP contribution is -2.48. The molecule has 0 aliphatic carbocycles. The molecule has 1 aliphatic heterocycles. The summed E-state index contributed by atoms with van der Waals surface area (Å²) < 4.78 is 5.19. The highest BCUT2D eigenvalue weighted by atomic mass is 35.5. The number of anilines is 2. The Kier molecular flexibility index (Phi) is 6.41. The number of nitrogens with zero attached hydrogens (tertiary/aromatic N) is 2. The van der Waals surface area contributed by atoms with Gasteiger partial charge < -0.3 is 19.9 Å². The van der Waals surface area contributed by atoms with E-state index in [2.05, 4.69) is 10.2 Å². The lowest BCUT2D eigenvalue weighted by Gasteiger charge is -2.37. The highest BCUT2D eigenvalue weighted by Crippen LogP contribution is 2.30. The van der Waals surface area contributed by atoms with Crippen molar-refractivity contribution in [2.75, 3.05) is 43.5 Å². The summed E-state index contributed by atoms with van der Waals surface area (Å²) in [6, 6.07) is 12.4. The molecule has 3 rings (SSSR count). The summed E-state index contributed by atoms with van der Waals surface area (Å²) in [6.07, 6.45) is 0.517. The summed E-state index contributed by atoms with van der Waals surface area (Å²) >= 11 is 6.17. The van der Waals surface area contributed by atoms with E-state index >= 15 is 0 Å². The van der Waals surface area contributed by atoms with Crippen molar-refractivity contribution in [1.29, 1.82) is 0 Å². The van der Waals surface area contributed by atoms with Gasteiger partial charge in [0.2, 0.25) is 5.91 Å². The van der Waals surface area contributed by atoms with Crippen LogP contribution >= 0.6 is 11.6 Å². The summed E-state index contributed by atoms with van der Waals surface area (Å²) in [7, 11) is 1.56. The largest absolute Gasteiger partial charge is 0.497 e. The third kappa shape index (κ3) is 4.57. The average Bonchev–Trinajstić information content (AvgIpc) is 2.73. The Morgan fingerprint density at radius 1 is 1.11 bits per heavy atom. The van der Waals surface area contributed by atoms with Crippen LogP contribution in [0.5, 0.6) is 5.75 Å². The van der Waals surface area contributed by atoms with E-state index in [4.69, 9.17) is 16.3 Å². The number of amides is 2. The van der Waals surface area contributed by atoms with Gasteiger partial charge in [0.15, 0.2) is 0 Å². The number of rotatable bonds is 5. The molecule has 0 bridgehead atoms. The average molecular weight is 402 g/mol. The number of piperazine rings is 1.